The van der Waals surface area contributed by atoms with Crippen molar-refractivity contribution in [1.29, 1.82) is 0 Å². The normalized spacial score (nSPS) is 12.5. The topological polar surface area (TPSA) is 58.0 Å². The lowest BCUT2D eigenvalue weighted by atomic mass is 10.2. The number of rotatable bonds is 5. The molecule has 84 valence electrons. The van der Waals surface area contributed by atoms with Gasteiger partial charge in [-0.2, -0.15) is 0 Å². The van der Waals surface area contributed by atoms with E-state index in [0.29, 0.717) is 0 Å². The first kappa shape index (κ1) is 12.2. The molecule has 1 unspecified atom stereocenters. The van der Waals surface area contributed by atoms with Crippen LogP contribution in [-0.2, 0) is 0 Å². The number of aliphatic hydroxyl groups excluding tert-OH is 1. The van der Waals surface area contributed by atoms with Crippen molar-refractivity contribution in [2.75, 3.05) is 11.9 Å². The molecule has 0 saturated heterocycles. The van der Waals surface area contributed by atoms with Gasteiger partial charge in [-0.3, -0.25) is 0 Å². The molecule has 1 atom stereocenters. The van der Waals surface area contributed by atoms with Crippen molar-refractivity contribution < 1.29 is 5.11 Å². The molecule has 0 radical (unpaired) electrons. The van der Waals surface area contributed by atoms with E-state index >= 15 is 0 Å². The van der Waals surface area contributed by atoms with Crippen molar-refractivity contribution in [3.05, 3.63) is 17.0 Å². The molecule has 0 aliphatic rings. The molecule has 0 aromatic carbocycles. The fourth-order valence-electron chi connectivity index (χ4n) is 1.24. The third-order valence-electron chi connectivity index (χ3n) is 1.93. The highest BCUT2D eigenvalue weighted by Gasteiger charge is 2.00. The van der Waals surface area contributed by atoms with Crippen LogP contribution in [-0.4, -0.2) is 27.7 Å². The van der Waals surface area contributed by atoms with Crippen LogP contribution in [0.2, 0.25) is 5.28 Å². The molecular formula is C10H16ClN3O. The Morgan fingerprint density at radius 2 is 2.27 bits per heavy atom. The van der Waals surface area contributed by atoms with Crippen LogP contribution in [0.25, 0.3) is 0 Å². The maximum atomic E-state index is 9.06. The molecule has 1 heterocycles. The minimum atomic E-state index is -0.248. The van der Waals surface area contributed by atoms with E-state index in [1.807, 2.05) is 13.0 Å². The maximum absolute atomic E-state index is 9.06. The van der Waals surface area contributed by atoms with Gasteiger partial charge in [-0.1, -0.05) is 0 Å². The van der Waals surface area contributed by atoms with Crippen LogP contribution in [0.4, 0.5) is 5.82 Å². The van der Waals surface area contributed by atoms with Gasteiger partial charge in [0.1, 0.15) is 5.82 Å². The summed E-state index contributed by atoms with van der Waals surface area (Å²) >= 11 is 5.71. The highest BCUT2D eigenvalue weighted by Crippen LogP contribution is 2.09. The quantitative estimate of drug-likeness (QED) is 0.599. The van der Waals surface area contributed by atoms with Gasteiger partial charge in [0.05, 0.1) is 6.10 Å². The second-order valence-electron chi connectivity index (χ2n) is 3.58. The first-order valence-electron chi connectivity index (χ1n) is 5.01. The first-order valence-corrected chi connectivity index (χ1v) is 5.39. The second-order valence-corrected chi connectivity index (χ2v) is 3.92. The Balaban J connectivity index is 2.37. The van der Waals surface area contributed by atoms with Gasteiger partial charge >= 0.3 is 0 Å². The van der Waals surface area contributed by atoms with Gasteiger partial charge in [-0.05, 0) is 38.3 Å². The minimum absolute atomic E-state index is 0.248. The molecule has 5 heteroatoms. The number of hydrogen-bond donors (Lipinski definition) is 2. The highest BCUT2D eigenvalue weighted by atomic mass is 35.5. The lowest BCUT2D eigenvalue weighted by Gasteiger charge is -2.07. The highest BCUT2D eigenvalue weighted by molar-refractivity contribution is 6.28. The van der Waals surface area contributed by atoms with Gasteiger partial charge in [0.25, 0.3) is 0 Å². The third kappa shape index (κ3) is 4.95. The number of aliphatic hydroxyl groups is 1. The Hall–Kier alpha value is -0.870. The SMILES string of the molecule is Cc1cc(NCCCC(C)O)nc(Cl)n1. The molecule has 1 rings (SSSR count). The Bertz CT molecular complexity index is 297. The van der Waals surface area contributed by atoms with Crippen molar-refractivity contribution >= 4 is 17.4 Å². The molecule has 0 spiro atoms. The van der Waals surface area contributed by atoms with Crippen molar-refractivity contribution in [1.82, 2.24) is 9.97 Å². The van der Waals surface area contributed by atoms with E-state index < -0.39 is 0 Å². The van der Waals surface area contributed by atoms with Gasteiger partial charge in [0.2, 0.25) is 5.28 Å². The number of nitrogens with zero attached hydrogens (tertiary/aromatic N) is 2. The van der Waals surface area contributed by atoms with E-state index in [9.17, 15) is 0 Å². The Kier molecular flexibility index (Phi) is 4.78. The molecule has 2 N–H and O–H groups in total. The zero-order chi connectivity index (χ0) is 11.3. The monoisotopic (exact) mass is 229 g/mol. The smallest absolute Gasteiger partial charge is 0.224 e. The van der Waals surface area contributed by atoms with Crippen molar-refractivity contribution in [2.45, 2.75) is 32.8 Å². The summed E-state index contributed by atoms with van der Waals surface area (Å²) in [4.78, 5) is 8.00. The van der Waals surface area contributed by atoms with Crippen molar-refractivity contribution in [2.24, 2.45) is 0 Å². The molecule has 4 nitrogen and oxygen atoms in total. The van der Waals surface area contributed by atoms with Crippen molar-refractivity contribution in [3.63, 3.8) is 0 Å². The van der Waals surface area contributed by atoms with Crippen LogP contribution in [0.1, 0.15) is 25.5 Å². The Morgan fingerprint density at radius 3 is 2.87 bits per heavy atom. The van der Waals surface area contributed by atoms with E-state index in [1.165, 1.54) is 0 Å². The average Bonchev–Trinajstić information content (AvgIpc) is 2.10. The number of anilines is 1. The number of halogens is 1. The molecule has 0 bridgehead atoms. The molecule has 0 aliphatic carbocycles. The van der Waals surface area contributed by atoms with Crippen LogP contribution in [0.5, 0.6) is 0 Å². The summed E-state index contributed by atoms with van der Waals surface area (Å²) in [6.45, 7) is 4.43. The van der Waals surface area contributed by atoms with Gasteiger partial charge in [0.15, 0.2) is 0 Å². The zero-order valence-electron chi connectivity index (χ0n) is 9.00. The van der Waals surface area contributed by atoms with Crippen LogP contribution in [0.15, 0.2) is 6.07 Å². The summed E-state index contributed by atoms with van der Waals surface area (Å²) in [5.74, 6) is 0.734. The van der Waals surface area contributed by atoms with Crippen LogP contribution in [0, 0.1) is 6.92 Å². The van der Waals surface area contributed by atoms with Crippen LogP contribution < -0.4 is 5.32 Å². The van der Waals surface area contributed by atoms with Crippen LogP contribution in [0.3, 0.4) is 0 Å². The number of nitrogens with one attached hydrogen (secondary N) is 1. The van der Waals surface area contributed by atoms with E-state index in [4.69, 9.17) is 16.7 Å². The molecule has 0 fully saturated rings. The molecule has 0 saturated carbocycles. The summed E-state index contributed by atoms with van der Waals surface area (Å²) in [6, 6.07) is 1.84. The zero-order valence-corrected chi connectivity index (χ0v) is 9.75. The van der Waals surface area contributed by atoms with E-state index in [2.05, 4.69) is 15.3 Å². The molecule has 15 heavy (non-hydrogen) atoms. The van der Waals surface area contributed by atoms with Gasteiger partial charge in [-0.15, -0.1) is 0 Å². The summed E-state index contributed by atoms with van der Waals surface area (Å²) in [6.07, 6.45) is 1.44. The Labute approximate surface area is 94.7 Å². The largest absolute Gasteiger partial charge is 0.393 e. The van der Waals surface area contributed by atoms with E-state index in [-0.39, 0.29) is 11.4 Å². The van der Waals surface area contributed by atoms with Gasteiger partial charge < -0.3 is 10.4 Å². The molecule has 0 amide bonds. The summed E-state index contributed by atoms with van der Waals surface area (Å²) in [5.41, 5.74) is 0.841. The minimum Gasteiger partial charge on any atom is -0.393 e. The average molecular weight is 230 g/mol. The van der Waals surface area contributed by atoms with E-state index in [0.717, 1.165) is 30.9 Å². The second kappa shape index (κ2) is 5.88. The predicted molar refractivity (Wildman–Crippen MR) is 61.2 cm³/mol. The maximum Gasteiger partial charge on any atom is 0.224 e. The predicted octanol–water partition coefficient (Wildman–Crippen LogP) is 2.01. The first-order chi connectivity index (χ1) is 7.08. The Morgan fingerprint density at radius 1 is 1.53 bits per heavy atom. The lowest BCUT2D eigenvalue weighted by Crippen LogP contribution is -2.08. The standard InChI is InChI=1S/C10H16ClN3O/c1-7-6-9(14-10(11)13-7)12-5-3-4-8(2)15/h6,8,15H,3-5H2,1-2H3,(H,12,13,14). The van der Waals surface area contributed by atoms with Crippen LogP contribution >= 0.6 is 11.6 Å². The van der Waals surface area contributed by atoms with E-state index in [1.54, 1.807) is 6.92 Å². The number of aryl methyl sites for hydroxylation is 1. The van der Waals surface area contributed by atoms with Gasteiger partial charge in [0, 0.05) is 18.3 Å². The summed E-state index contributed by atoms with van der Waals surface area (Å²) < 4.78 is 0. The molecule has 0 aliphatic heterocycles. The fraction of sp³-hybridized carbons (Fsp3) is 0.600. The summed E-state index contributed by atoms with van der Waals surface area (Å²) in [5, 5.41) is 12.5. The number of aromatic nitrogens is 2. The summed E-state index contributed by atoms with van der Waals surface area (Å²) in [7, 11) is 0. The third-order valence-corrected chi connectivity index (χ3v) is 2.10. The van der Waals surface area contributed by atoms with Gasteiger partial charge in [-0.25, -0.2) is 9.97 Å². The fourth-order valence-corrected chi connectivity index (χ4v) is 1.46. The molecule has 1 aromatic rings. The molecular weight excluding hydrogens is 214 g/mol. The number of hydrogen-bond acceptors (Lipinski definition) is 4. The lowest BCUT2D eigenvalue weighted by molar-refractivity contribution is 0.183. The van der Waals surface area contributed by atoms with Crippen molar-refractivity contribution in [3.8, 4) is 0 Å². The molecule has 1 aromatic heterocycles.